The van der Waals surface area contributed by atoms with Crippen molar-refractivity contribution >= 4 is 11.6 Å². The highest BCUT2D eigenvalue weighted by Crippen LogP contribution is 2.19. The molecular formula is C18H24O2. The fourth-order valence-corrected chi connectivity index (χ4v) is 2.09. The topological polar surface area (TPSA) is 34.1 Å². The SMILES string of the molecule is CC(=O)/C(C)=C(/CC(C)C)C(=O)Cc1ccc(C)cc1. The van der Waals surface area contributed by atoms with Crippen LogP contribution in [0.25, 0.3) is 0 Å². The first-order chi connectivity index (χ1) is 9.31. The summed E-state index contributed by atoms with van der Waals surface area (Å²) in [5.74, 6) is 0.412. The Morgan fingerprint density at radius 3 is 2.05 bits per heavy atom. The van der Waals surface area contributed by atoms with E-state index < -0.39 is 0 Å². The summed E-state index contributed by atoms with van der Waals surface area (Å²) >= 11 is 0. The highest BCUT2D eigenvalue weighted by molar-refractivity contribution is 6.05. The normalized spacial score (nSPS) is 12.3. The van der Waals surface area contributed by atoms with Gasteiger partial charge in [-0.1, -0.05) is 43.7 Å². The van der Waals surface area contributed by atoms with Gasteiger partial charge in [-0.15, -0.1) is 0 Å². The molecule has 0 saturated heterocycles. The molecule has 2 heteroatoms. The van der Waals surface area contributed by atoms with Crippen LogP contribution in [0.15, 0.2) is 35.4 Å². The van der Waals surface area contributed by atoms with Crippen molar-refractivity contribution in [2.24, 2.45) is 5.92 Å². The van der Waals surface area contributed by atoms with Gasteiger partial charge in [0.25, 0.3) is 0 Å². The van der Waals surface area contributed by atoms with Crippen LogP contribution in [0.3, 0.4) is 0 Å². The first-order valence-electron chi connectivity index (χ1n) is 7.10. The molecular weight excluding hydrogens is 248 g/mol. The van der Waals surface area contributed by atoms with Crippen molar-refractivity contribution in [3.63, 3.8) is 0 Å². The number of hydrogen-bond donors (Lipinski definition) is 0. The third kappa shape index (κ3) is 4.76. The summed E-state index contributed by atoms with van der Waals surface area (Å²) in [5, 5.41) is 0. The summed E-state index contributed by atoms with van der Waals surface area (Å²) in [6, 6.07) is 7.96. The number of rotatable bonds is 6. The zero-order valence-corrected chi connectivity index (χ0v) is 13.1. The van der Waals surface area contributed by atoms with Crippen LogP contribution in [-0.2, 0) is 16.0 Å². The third-order valence-electron chi connectivity index (χ3n) is 3.42. The van der Waals surface area contributed by atoms with Gasteiger partial charge in [0.1, 0.15) is 0 Å². The van der Waals surface area contributed by atoms with Crippen LogP contribution in [0.2, 0.25) is 0 Å². The summed E-state index contributed by atoms with van der Waals surface area (Å²) in [4.78, 5) is 24.0. The maximum absolute atomic E-state index is 12.5. The predicted octanol–water partition coefficient (Wildman–Crippen LogP) is 4.06. The molecule has 0 bridgehead atoms. The molecule has 0 aliphatic rings. The minimum atomic E-state index is -0.0158. The molecule has 0 aromatic heterocycles. The summed E-state index contributed by atoms with van der Waals surface area (Å²) < 4.78 is 0. The van der Waals surface area contributed by atoms with Gasteiger partial charge in [0.15, 0.2) is 11.6 Å². The number of carbonyl (C=O) groups is 2. The molecule has 1 aromatic rings. The fraction of sp³-hybridized carbons (Fsp3) is 0.444. The van der Waals surface area contributed by atoms with E-state index in [-0.39, 0.29) is 11.6 Å². The van der Waals surface area contributed by atoms with Crippen LogP contribution in [0.5, 0.6) is 0 Å². The third-order valence-corrected chi connectivity index (χ3v) is 3.42. The van der Waals surface area contributed by atoms with E-state index in [1.807, 2.05) is 31.2 Å². The minimum Gasteiger partial charge on any atom is -0.295 e. The molecule has 2 nitrogen and oxygen atoms in total. The Morgan fingerprint density at radius 1 is 1.05 bits per heavy atom. The first kappa shape index (κ1) is 16.4. The van der Waals surface area contributed by atoms with Gasteiger partial charge in [0.2, 0.25) is 0 Å². The van der Waals surface area contributed by atoms with E-state index in [4.69, 9.17) is 0 Å². The average molecular weight is 272 g/mol. The van der Waals surface area contributed by atoms with E-state index in [2.05, 4.69) is 13.8 Å². The Kier molecular flexibility index (Phi) is 5.87. The number of benzene rings is 1. The van der Waals surface area contributed by atoms with E-state index in [1.165, 1.54) is 12.5 Å². The minimum absolute atomic E-state index is 0.0158. The summed E-state index contributed by atoms with van der Waals surface area (Å²) in [7, 11) is 0. The van der Waals surface area contributed by atoms with Gasteiger partial charge in [-0.3, -0.25) is 9.59 Å². The Balaban J connectivity index is 2.97. The second-order valence-corrected chi connectivity index (χ2v) is 5.84. The van der Waals surface area contributed by atoms with Gasteiger partial charge in [0.05, 0.1) is 0 Å². The van der Waals surface area contributed by atoms with Gasteiger partial charge >= 0.3 is 0 Å². The highest BCUT2D eigenvalue weighted by atomic mass is 16.1. The van der Waals surface area contributed by atoms with E-state index >= 15 is 0 Å². The summed E-state index contributed by atoms with van der Waals surface area (Å²) in [6.45, 7) is 9.43. The van der Waals surface area contributed by atoms with Crippen molar-refractivity contribution in [3.8, 4) is 0 Å². The average Bonchev–Trinajstić information content (AvgIpc) is 2.37. The van der Waals surface area contributed by atoms with E-state index in [1.54, 1.807) is 6.92 Å². The van der Waals surface area contributed by atoms with E-state index in [0.717, 1.165) is 5.56 Å². The molecule has 0 radical (unpaired) electrons. The number of Topliss-reactive ketones (excluding diaryl/α,β-unsaturated/α-hetero) is 2. The molecule has 0 unspecified atom stereocenters. The maximum Gasteiger partial charge on any atom is 0.163 e. The molecule has 20 heavy (non-hydrogen) atoms. The first-order valence-corrected chi connectivity index (χ1v) is 7.10. The Hall–Kier alpha value is -1.70. The molecule has 0 fully saturated rings. The van der Waals surface area contributed by atoms with Crippen molar-refractivity contribution in [3.05, 3.63) is 46.5 Å². The van der Waals surface area contributed by atoms with Crippen molar-refractivity contribution in [1.29, 1.82) is 0 Å². The van der Waals surface area contributed by atoms with Crippen molar-refractivity contribution in [1.82, 2.24) is 0 Å². The van der Waals surface area contributed by atoms with Gasteiger partial charge in [-0.05, 0) is 44.2 Å². The summed E-state index contributed by atoms with van der Waals surface area (Å²) in [6.07, 6.45) is 1.03. The van der Waals surface area contributed by atoms with Crippen LogP contribution >= 0.6 is 0 Å². The second kappa shape index (κ2) is 7.18. The molecule has 1 aromatic carbocycles. The van der Waals surface area contributed by atoms with Crippen LogP contribution in [0.1, 0.15) is 45.2 Å². The standard InChI is InChI=1S/C18H24O2/c1-12(2)10-17(14(4)15(5)19)18(20)11-16-8-6-13(3)7-9-16/h6-9,12H,10-11H2,1-5H3/b17-14-. The Morgan fingerprint density at radius 2 is 1.60 bits per heavy atom. The van der Waals surface area contributed by atoms with Crippen LogP contribution in [-0.4, -0.2) is 11.6 Å². The van der Waals surface area contributed by atoms with Gasteiger partial charge < -0.3 is 0 Å². The largest absolute Gasteiger partial charge is 0.295 e. The second-order valence-electron chi connectivity index (χ2n) is 5.84. The lowest BCUT2D eigenvalue weighted by Crippen LogP contribution is -2.13. The molecule has 0 amide bonds. The maximum atomic E-state index is 12.5. The number of carbonyl (C=O) groups excluding carboxylic acids is 2. The molecule has 0 N–H and O–H groups in total. The zero-order chi connectivity index (χ0) is 15.3. The zero-order valence-electron chi connectivity index (χ0n) is 13.1. The fourth-order valence-electron chi connectivity index (χ4n) is 2.09. The Bertz CT molecular complexity index is 519. The molecule has 0 atom stereocenters. The summed E-state index contributed by atoms with van der Waals surface area (Å²) in [5.41, 5.74) is 3.47. The quantitative estimate of drug-likeness (QED) is 0.732. The van der Waals surface area contributed by atoms with Crippen LogP contribution < -0.4 is 0 Å². The highest BCUT2D eigenvalue weighted by Gasteiger charge is 2.17. The van der Waals surface area contributed by atoms with Gasteiger partial charge in [-0.25, -0.2) is 0 Å². The van der Waals surface area contributed by atoms with Crippen molar-refractivity contribution < 1.29 is 9.59 Å². The molecule has 0 aliphatic carbocycles. The molecule has 0 spiro atoms. The lowest BCUT2D eigenvalue weighted by molar-refractivity contribution is -0.117. The molecule has 108 valence electrons. The monoisotopic (exact) mass is 272 g/mol. The van der Waals surface area contributed by atoms with Gasteiger partial charge in [0, 0.05) is 12.0 Å². The smallest absolute Gasteiger partial charge is 0.163 e. The van der Waals surface area contributed by atoms with Crippen molar-refractivity contribution in [2.45, 2.75) is 47.5 Å². The van der Waals surface area contributed by atoms with E-state index in [0.29, 0.717) is 29.9 Å². The van der Waals surface area contributed by atoms with Gasteiger partial charge in [-0.2, -0.15) is 0 Å². The Labute approximate surface area is 121 Å². The van der Waals surface area contributed by atoms with Crippen LogP contribution in [0, 0.1) is 12.8 Å². The lowest BCUT2D eigenvalue weighted by Gasteiger charge is -2.12. The molecule has 0 aliphatic heterocycles. The number of aryl methyl sites for hydroxylation is 1. The van der Waals surface area contributed by atoms with Crippen LogP contribution in [0.4, 0.5) is 0 Å². The van der Waals surface area contributed by atoms with E-state index in [9.17, 15) is 9.59 Å². The number of hydrogen-bond acceptors (Lipinski definition) is 2. The number of ketones is 2. The predicted molar refractivity (Wildman–Crippen MR) is 82.7 cm³/mol. The molecule has 0 saturated carbocycles. The lowest BCUT2D eigenvalue weighted by atomic mass is 9.91. The molecule has 1 rings (SSSR count). The van der Waals surface area contributed by atoms with Crippen molar-refractivity contribution in [2.75, 3.05) is 0 Å². The molecule has 0 heterocycles. The number of allylic oxidation sites excluding steroid dienone is 2.